The molecule has 42 heavy (non-hydrogen) atoms. The average molecular weight is 590 g/mol. The van der Waals surface area contributed by atoms with Crippen LogP contribution in [0.2, 0.25) is 0 Å². The van der Waals surface area contributed by atoms with E-state index in [9.17, 15) is 29.1 Å². The third-order valence-electron chi connectivity index (χ3n) is 9.39. The molecule has 12 nitrogen and oxygen atoms in total. The lowest BCUT2D eigenvalue weighted by molar-refractivity contribution is -0.143. The van der Waals surface area contributed by atoms with Gasteiger partial charge >= 0.3 is 6.03 Å². The number of hydrogen-bond acceptors (Lipinski definition) is 7. The molecule has 4 aliphatic carbocycles. The van der Waals surface area contributed by atoms with E-state index in [0.717, 1.165) is 44.9 Å². The molecule has 0 radical (unpaired) electrons. The van der Waals surface area contributed by atoms with E-state index >= 15 is 0 Å². The van der Waals surface area contributed by atoms with Gasteiger partial charge in [0.2, 0.25) is 17.6 Å². The van der Waals surface area contributed by atoms with Crippen molar-refractivity contribution in [3.63, 3.8) is 0 Å². The van der Waals surface area contributed by atoms with Crippen molar-refractivity contribution in [1.82, 2.24) is 20.9 Å². The van der Waals surface area contributed by atoms with E-state index < -0.39 is 53.6 Å². The minimum Gasteiger partial charge on any atom is -0.366 e. The Morgan fingerprint density at radius 2 is 1.64 bits per heavy atom. The molecule has 0 aromatic heterocycles. The molecule has 1 heterocycles. The first-order valence-corrected chi connectivity index (χ1v) is 15.6. The minimum atomic E-state index is -1.11. The highest BCUT2D eigenvalue weighted by atomic mass is 16.6. The standard InChI is InChI=1S/C30H47N5O7/c1-30(2,3)24(34-29(41)33-22(17-8-9-17)28(40)42-14-16-6-7-16)27(39)35-13-18-11-20(18)23(35)26(38)32-19(10-15-4-5-15)12-21(36)25(31)37/h15-20,22-24,28,40H,4-14H2,1-3H3,(H2,31,37)(H,32,38)(H2,33,34,41)/t18-,19?,20-,22-,23-,24+,28?/m0/s1. The largest absolute Gasteiger partial charge is 0.366 e. The third-order valence-corrected chi connectivity index (χ3v) is 9.39. The van der Waals surface area contributed by atoms with Gasteiger partial charge < -0.3 is 36.4 Å². The molecule has 5 rings (SSSR count). The predicted molar refractivity (Wildman–Crippen MR) is 151 cm³/mol. The number of rotatable bonds is 15. The number of aliphatic hydroxyl groups excluding tert-OH is 1. The summed E-state index contributed by atoms with van der Waals surface area (Å²) in [6, 6.07) is -3.28. The Bertz CT molecular complexity index is 1080. The fourth-order valence-electron chi connectivity index (χ4n) is 6.23. The van der Waals surface area contributed by atoms with E-state index in [0.29, 0.717) is 31.4 Å². The Morgan fingerprint density at radius 3 is 2.21 bits per heavy atom. The number of fused-ring (bicyclic) bond motifs is 1. The highest BCUT2D eigenvalue weighted by molar-refractivity contribution is 6.35. The highest BCUT2D eigenvalue weighted by Gasteiger charge is 2.58. The van der Waals surface area contributed by atoms with Crippen LogP contribution >= 0.6 is 0 Å². The number of carbonyl (C=O) groups is 5. The minimum absolute atomic E-state index is 0.0230. The van der Waals surface area contributed by atoms with Gasteiger partial charge in [-0.25, -0.2) is 4.79 Å². The van der Waals surface area contributed by atoms with Crippen molar-refractivity contribution in [2.24, 2.45) is 40.7 Å². The van der Waals surface area contributed by atoms with Gasteiger partial charge in [0.05, 0.1) is 12.6 Å². The smallest absolute Gasteiger partial charge is 0.315 e. The number of hydrogen-bond donors (Lipinski definition) is 5. The topological polar surface area (TPSA) is 180 Å². The number of primary amides is 1. The number of amides is 5. The fraction of sp³-hybridized carbons (Fsp3) is 0.833. The maximum Gasteiger partial charge on any atom is 0.315 e. The Kier molecular flexibility index (Phi) is 8.85. The Labute approximate surface area is 247 Å². The number of aliphatic hydroxyl groups is 1. The van der Waals surface area contributed by atoms with Crippen molar-refractivity contribution in [3.05, 3.63) is 0 Å². The Hall–Kier alpha value is -2.73. The van der Waals surface area contributed by atoms with Crippen LogP contribution < -0.4 is 21.7 Å². The first-order valence-electron chi connectivity index (χ1n) is 15.6. The molecule has 2 unspecified atom stereocenters. The van der Waals surface area contributed by atoms with Crippen molar-refractivity contribution in [2.75, 3.05) is 13.2 Å². The number of nitrogens with zero attached hydrogens (tertiary/aromatic N) is 1. The number of carbonyl (C=O) groups excluding carboxylic acids is 5. The van der Waals surface area contributed by atoms with Crippen LogP contribution in [0.1, 0.15) is 78.6 Å². The van der Waals surface area contributed by atoms with Crippen LogP contribution in [0.3, 0.4) is 0 Å². The van der Waals surface area contributed by atoms with Crippen LogP contribution in [-0.2, 0) is 23.9 Å². The van der Waals surface area contributed by atoms with Crippen LogP contribution in [0.25, 0.3) is 0 Å². The zero-order valence-electron chi connectivity index (χ0n) is 25.0. The second-order valence-corrected chi connectivity index (χ2v) is 14.4. The number of ether oxygens (including phenoxy) is 1. The number of urea groups is 1. The summed E-state index contributed by atoms with van der Waals surface area (Å²) in [5, 5.41) is 19.3. The molecule has 1 saturated heterocycles. The van der Waals surface area contributed by atoms with Gasteiger partial charge in [0, 0.05) is 19.0 Å². The molecule has 5 aliphatic rings. The maximum absolute atomic E-state index is 14.0. The second kappa shape index (κ2) is 12.1. The number of piperidine rings is 1. The van der Waals surface area contributed by atoms with Gasteiger partial charge in [-0.2, -0.15) is 0 Å². The molecule has 0 aromatic carbocycles. The SMILES string of the molecule is CC(C)(C)[C@H](NC(=O)N[C@@H](C1CC1)C(O)OCC1CC1)C(=O)N1C[C@@H]2C[C@@H]2[C@H]1C(=O)NC(CC(=O)C(N)=O)CC1CC1. The summed E-state index contributed by atoms with van der Waals surface area (Å²) in [7, 11) is 0. The molecule has 5 amide bonds. The lowest BCUT2D eigenvalue weighted by Crippen LogP contribution is -2.61. The first kappa shape index (κ1) is 30.7. The van der Waals surface area contributed by atoms with E-state index in [1.807, 2.05) is 20.8 Å². The third kappa shape index (κ3) is 7.80. The van der Waals surface area contributed by atoms with Crippen molar-refractivity contribution >= 4 is 29.5 Å². The molecule has 5 fully saturated rings. The number of ketones is 1. The predicted octanol–water partition coefficient (Wildman–Crippen LogP) is 0.800. The maximum atomic E-state index is 14.0. The summed E-state index contributed by atoms with van der Waals surface area (Å²) in [6.07, 6.45) is 6.14. The Balaban J connectivity index is 1.23. The number of likely N-dealkylation sites (tertiary alicyclic amines) is 1. The Morgan fingerprint density at radius 1 is 0.976 bits per heavy atom. The number of nitrogens with two attached hydrogens (primary N) is 1. The van der Waals surface area contributed by atoms with Crippen LogP contribution in [0.5, 0.6) is 0 Å². The van der Waals surface area contributed by atoms with Gasteiger partial charge in [0.1, 0.15) is 12.1 Å². The summed E-state index contributed by atoms with van der Waals surface area (Å²) in [5.74, 6) is -1.19. The number of Topliss-reactive ketones (excluding diaryl/α,β-unsaturated/α-hetero) is 1. The summed E-state index contributed by atoms with van der Waals surface area (Å²) in [4.78, 5) is 65.9. The van der Waals surface area contributed by atoms with Gasteiger partial charge in [-0.3, -0.25) is 19.2 Å². The average Bonchev–Trinajstić information content (AvgIpc) is 3.73. The van der Waals surface area contributed by atoms with Gasteiger partial charge in [0.15, 0.2) is 6.29 Å². The molecule has 4 saturated carbocycles. The first-order chi connectivity index (χ1) is 19.8. The van der Waals surface area contributed by atoms with Crippen molar-refractivity contribution in [3.8, 4) is 0 Å². The summed E-state index contributed by atoms with van der Waals surface area (Å²) in [6.45, 7) is 6.46. The number of nitrogens with one attached hydrogen (secondary N) is 3. The molecule has 12 heteroatoms. The van der Waals surface area contributed by atoms with Crippen molar-refractivity contribution in [1.29, 1.82) is 0 Å². The second-order valence-electron chi connectivity index (χ2n) is 14.4. The van der Waals surface area contributed by atoms with Gasteiger partial charge in [-0.1, -0.05) is 33.6 Å². The zero-order chi connectivity index (χ0) is 30.3. The zero-order valence-corrected chi connectivity index (χ0v) is 25.0. The van der Waals surface area contributed by atoms with E-state index in [1.165, 1.54) is 0 Å². The quantitative estimate of drug-likeness (QED) is 0.138. The summed E-state index contributed by atoms with van der Waals surface area (Å²) < 4.78 is 5.63. The van der Waals surface area contributed by atoms with E-state index in [2.05, 4.69) is 16.0 Å². The monoisotopic (exact) mass is 589 g/mol. The molecule has 0 aromatic rings. The van der Waals surface area contributed by atoms with Crippen molar-refractivity contribution < 1.29 is 33.8 Å². The lowest BCUT2D eigenvalue weighted by atomic mass is 9.85. The molecule has 0 spiro atoms. The van der Waals surface area contributed by atoms with Crippen LogP contribution in [-0.4, -0.2) is 83.2 Å². The molecule has 234 valence electrons. The lowest BCUT2D eigenvalue weighted by Gasteiger charge is -2.37. The van der Waals surface area contributed by atoms with Gasteiger partial charge in [0.25, 0.3) is 5.91 Å². The molecule has 6 N–H and O–H groups in total. The van der Waals surface area contributed by atoms with Crippen molar-refractivity contribution in [2.45, 2.75) is 109 Å². The highest BCUT2D eigenvalue weighted by Crippen LogP contribution is 2.50. The molecule has 1 aliphatic heterocycles. The van der Waals surface area contributed by atoms with Crippen LogP contribution in [0.4, 0.5) is 4.79 Å². The van der Waals surface area contributed by atoms with E-state index in [1.54, 1.807) is 4.90 Å². The molecule has 7 atom stereocenters. The molecular formula is C30H47N5O7. The summed E-state index contributed by atoms with van der Waals surface area (Å²) >= 11 is 0. The normalized spacial score (nSPS) is 27.7. The van der Waals surface area contributed by atoms with E-state index in [-0.39, 0.29) is 36.0 Å². The van der Waals surface area contributed by atoms with Gasteiger partial charge in [-0.15, -0.1) is 0 Å². The summed E-state index contributed by atoms with van der Waals surface area (Å²) in [5.41, 5.74) is 4.50. The van der Waals surface area contributed by atoms with Crippen LogP contribution in [0, 0.1) is 35.0 Å². The fourth-order valence-corrected chi connectivity index (χ4v) is 6.23. The molecular weight excluding hydrogens is 542 g/mol. The molecule has 0 bridgehead atoms. The van der Waals surface area contributed by atoms with Crippen LogP contribution in [0.15, 0.2) is 0 Å². The van der Waals surface area contributed by atoms with E-state index in [4.69, 9.17) is 10.5 Å². The van der Waals surface area contributed by atoms with Gasteiger partial charge in [-0.05, 0) is 73.5 Å².